The molecule has 1 N–H and O–H groups in total. The van der Waals surface area contributed by atoms with Gasteiger partial charge in [-0.3, -0.25) is 9.78 Å². The second kappa shape index (κ2) is 9.49. The van der Waals surface area contributed by atoms with E-state index in [1.165, 1.54) is 6.42 Å². The summed E-state index contributed by atoms with van der Waals surface area (Å²) < 4.78 is 0. The summed E-state index contributed by atoms with van der Waals surface area (Å²) in [5.74, 6) is -0.389. The molecule has 2 saturated heterocycles. The Morgan fingerprint density at radius 1 is 1.12 bits per heavy atom. The quantitative estimate of drug-likeness (QED) is 0.698. The summed E-state index contributed by atoms with van der Waals surface area (Å²) in [6.45, 7) is 5.25. The van der Waals surface area contributed by atoms with E-state index in [0.29, 0.717) is 26.0 Å². The number of hydrogen-bond donors (Lipinski definition) is 1. The van der Waals surface area contributed by atoms with Gasteiger partial charge in [0.15, 0.2) is 0 Å². The standard InChI is InChI=1S/C18H27N5O3/c24-15-20-17(14-21-8-2-1-3-9-21)18(25)26-23-12-10-22(11-13-23)16-4-6-19-7-5-16/h4-7,15,17H,1-3,8-14H2,(H,20,24). The molecule has 142 valence electrons. The summed E-state index contributed by atoms with van der Waals surface area (Å²) in [7, 11) is 0. The average molecular weight is 361 g/mol. The second-order valence-corrected chi connectivity index (χ2v) is 6.73. The number of anilines is 1. The molecule has 1 unspecified atom stereocenters. The van der Waals surface area contributed by atoms with Crippen molar-refractivity contribution in [3.8, 4) is 0 Å². The highest BCUT2D eigenvalue weighted by molar-refractivity contribution is 5.78. The lowest BCUT2D eigenvalue weighted by atomic mass is 10.1. The highest BCUT2D eigenvalue weighted by Crippen LogP contribution is 2.15. The van der Waals surface area contributed by atoms with Crippen molar-refractivity contribution in [2.75, 3.05) is 50.7 Å². The number of piperazine rings is 1. The predicted octanol–water partition coefficient (Wildman–Crippen LogP) is 0.262. The van der Waals surface area contributed by atoms with Crippen LogP contribution in [-0.4, -0.2) is 79.2 Å². The molecule has 1 atom stereocenters. The van der Waals surface area contributed by atoms with Crippen LogP contribution in [0.5, 0.6) is 0 Å². The topological polar surface area (TPSA) is 78.0 Å². The van der Waals surface area contributed by atoms with E-state index in [-0.39, 0.29) is 5.97 Å². The van der Waals surface area contributed by atoms with Crippen LogP contribution in [0.1, 0.15) is 19.3 Å². The number of carbonyl (C=O) groups is 2. The third-order valence-corrected chi connectivity index (χ3v) is 4.93. The number of rotatable bonds is 7. The number of hydroxylamine groups is 2. The Morgan fingerprint density at radius 3 is 2.46 bits per heavy atom. The Bertz CT molecular complexity index is 571. The van der Waals surface area contributed by atoms with E-state index in [1.54, 1.807) is 17.5 Å². The van der Waals surface area contributed by atoms with Crippen LogP contribution in [0.4, 0.5) is 5.69 Å². The zero-order valence-corrected chi connectivity index (χ0v) is 15.0. The molecule has 0 saturated carbocycles. The van der Waals surface area contributed by atoms with Crippen LogP contribution >= 0.6 is 0 Å². The number of nitrogens with zero attached hydrogens (tertiary/aromatic N) is 4. The molecule has 26 heavy (non-hydrogen) atoms. The Balaban J connectivity index is 1.47. The SMILES string of the molecule is O=CNC(CN1CCCCC1)C(=O)ON1CCN(c2ccncc2)CC1. The monoisotopic (exact) mass is 361 g/mol. The molecule has 2 aliphatic heterocycles. The predicted molar refractivity (Wildman–Crippen MR) is 97.4 cm³/mol. The van der Waals surface area contributed by atoms with Gasteiger partial charge in [0, 0.05) is 37.7 Å². The number of likely N-dealkylation sites (tertiary alicyclic amines) is 1. The van der Waals surface area contributed by atoms with E-state index in [2.05, 4.69) is 20.1 Å². The van der Waals surface area contributed by atoms with Crippen LogP contribution in [0.15, 0.2) is 24.5 Å². The summed E-state index contributed by atoms with van der Waals surface area (Å²) in [4.78, 5) is 37.4. The van der Waals surface area contributed by atoms with E-state index < -0.39 is 6.04 Å². The molecular formula is C18H27N5O3. The fourth-order valence-corrected chi connectivity index (χ4v) is 3.46. The van der Waals surface area contributed by atoms with Crippen molar-refractivity contribution in [2.24, 2.45) is 0 Å². The molecule has 0 radical (unpaired) electrons. The highest BCUT2D eigenvalue weighted by Gasteiger charge is 2.27. The van der Waals surface area contributed by atoms with E-state index >= 15 is 0 Å². The molecule has 2 aliphatic rings. The largest absolute Gasteiger partial charge is 0.369 e. The zero-order valence-electron chi connectivity index (χ0n) is 15.0. The van der Waals surface area contributed by atoms with Gasteiger partial charge >= 0.3 is 5.97 Å². The van der Waals surface area contributed by atoms with Crippen molar-refractivity contribution in [1.82, 2.24) is 20.3 Å². The lowest BCUT2D eigenvalue weighted by Gasteiger charge is -2.35. The van der Waals surface area contributed by atoms with Gasteiger partial charge in [-0.15, -0.1) is 5.06 Å². The maximum absolute atomic E-state index is 12.5. The minimum atomic E-state index is -0.621. The van der Waals surface area contributed by atoms with Gasteiger partial charge in [0.05, 0.1) is 13.1 Å². The van der Waals surface area contributed by atoms with Gasteiger partial charge in [0.1, 0.15) is 6.04 Å². The molecule has 3 rings (SSSR count). The molecule has 8 heteroatoms. The van der Waals surface area contributed by atoms with Crippen molar-refractivity contribution in [1.29, 1.82) is 0 Å². The molecule has 8 nitrogen and oxygen atoms in total. The molecule has 1 aromatic rings. The highest BCUT2D eigenvalue weighted by atomic mass is 16.7. The molecular weight excluding hydrogens is 334 g/mol. The first-order valence-electron chi connectivity index (χ1n) is 9.30. The molecule has 2 fully saturated rings. The Kier molecular flexibility index (Phi) is 6.79. The maximum Gasteiger partial charge on any atom is 0.348 e. The summed E-state index contributed by atoms with van der Waals surface area (Å²) in [6.07, 6.45) is 7.64. The minimum absolute atomic E-state index is 0.389. The fourth-order valence-electron chi connectivity index (χ4n) is 3.46. The first kappa shape index (κ1) is 18.6. The summed E-state index contributed by atoms with van der Waals surface area (Å²) in [5, 5.41) is 4.30. The van der Waals surface area contributed by atoms with Gasteiger partial charge < -0.3 is 20.0 Å². The maximum atomic E-state index is 12.5. The number of amides is 1. The lowest BCUT2D eigenvalue weighted by Crippen LogP contribution is -2.52. The Labute approximate surface area is 154 Å². The molecule has 0 aliphatic carbocycles. The molecule has 3 heterocycles. The van der Waals surface area contributed by atoms with Crippen molar-refractivity contribution in [2.45, 2.75) is 25.3 Å². The number of aromatic nitrogens is 1. The third-order valence-electron chi connectivity index (χ3n) is 4.93. The van der Waals surface area contributed by atoms with E-state index in [0.717, 1.165) is 44.7 Å². The van der Waals surface area contributed by atoms with Crippen LogP contribution < -0.4 is 10.2 Å². The summed E-state index contributed by atoms with van der Waals surface area (Å²) >= 11 is 0. The van der Waals surface area contributed by atoms with E-state index in [1.807, 2.05) is 12.1 Å². The van der Waals surface area contributed by atoms with Gasteiger partial charge in [-0.05, 0) is 38.1 Å². The zero-order chi connectivity index (χ0) is 18.2. The van der Waals surface area contributed by atoms with Crippen LogP contribution in [0.3, 0.4) is 0 Å². The molecule has 0 bridgehead atoms. The second-order valence-electron chi connectivity index (χ2n) is 6.73. The number of hydrogen-bond acceptors (Lipinski definition) is 7. The lowest BCUT2D eigenvalue weighted by molar-refractivity contribution is -0.194. The summed E-state index contributed by atoms with van der Waals surface area (Å²) in [5.41, 5.74) is 1.12. The average Bonchev–Trinajstić information content (AvgIpc) is 2.70. The van der Waals surface area contributed by atoms with Gasteiger partial charge in [-0.25, -0.2) is 4.79 Å². The van der Waals surface area contributed by atoms with Crippen LogP contribution in [0.25, 0.3) is 0 Å². The Hall–Kier alpha value is -2.19. The van der Waals surface area contributed by atoms with E-state index in [4.69, 9.17) is 4.84 Å². The fraction of sp³-hybridized carbons (Fsp3) is 0.611. The minimum Gasteiger partial charge on any atom is -0.369 e. The number of piperidine rings is 1. The molecule has 1 aromatic heterocycles. The molecule has 1 amide bonds. The summed E-state index contributed by atoms with van der Waals surface area (Å²) in [6, 6.07) is 3.33. The van der Waals surface area contributed by atoms with Crippen molar-refractivity contribution >= 4 is 18.1 Å². The third kappa shape index (κ3) is 5.15. The van der Waals surface area contributed by atoms with Gasteiger partial charge in [-0.1, -0.05) is 6.42 Å². The molecule has 0 aromatic carbocycles. The van der Waals surface area contributed by atoms with Crippen LogP contribution in [0.2, 0.25) is 0 Å². The number of carbonyl (C=O) groups excluding carboxylic acids is 2. The van der Waals surface area contributed by atoms with Crippen LogP contribution in [0, 0.1) is 0 Å². The van der Waals surface area contributed by atoms with Gasteiger partial charge in [0.25, 0.3) is 0 Å². The first-order valence-corrected chi connectivity index (χ1v) is 9.30. The smallest absolute Gasteiger partial charge is 0.348 e. The Morgan fingerprint density at radius 2 is 1.81 bits per heavy atom. The van der Waals surface area contributed by atoms with Gasteiger partial charge in [0.2, 0.25) is 6.41 Å². The van der Waals surface area contributed by atoms with Crippen molar-refractivity contribution in [3.05, 3.63) is 24.5 Å². The van der Waals surface area contributed by atoms with Gasteiger partial charge in [-0.2, -0.15) is 0 Å². The van der Waals surface area contributed by atoms with Crippen molar-refractivity contribution in [3.63, 3.8) is 0 Å². The number of pyridine rings is 1. The first-order chi connectivity index (χ1) is 12.8. The van der Waals surface area contributed by atoms with Crippen LogP contribution in [-0.2, 0) is 14.4 Å². The number of nitrogens with one attached hydrogen (secondary N) is 1. The van der Waals surface area contributed by atoms with Crippen molar-refractivity contribution < 1.29 is 14.4 Å². The normalized spacial score (nSPS) is 20.4. The van der Waals surface area contributed by atoms with E-state index in [9.17, 15) is 9.59 Å². The molecule has 0 spiro atoms.